The van der Waals surface area contributed by atoms with Gasteiger partial charge in [0.15, 0.2) is 0 Å². The SMILES string of the molecule is C=C=Cn1c(CO)nc2ccccc21. The Morgan fingerprint density at radius 1 is 1.50 bits per heavy atom. The Labute approximate surface area is 81.6 Å². The number of hydrogen-bond acceptors (Lipinski definition) is 2. The van der Waals surface area contributed by atoms with E-state index in [9.17, 15) is 0 Å². The van der Waals surface area contributed by atoms with Gasteiger partial charge in [-0.3, -0.25) is 4.57 Å². The van der Waals surface area contributed by atoms with Gasteiger partial charge in [-0.25, -0.2) is 4.98 Å². The summed E-state index contributed by atoms with van der Waals surface area (Å²) in [5.74, 6) is 0.599. The van der Waals surface area contributed by atoms with E-state index in [4.69, 9.17) is 5.11 Å². The molecule has 0 aliphatic heterocycles. The number of para-hydroxylation sites is 2. The van der Waals surface area contributed by atoms with Crippen LogP contribution in [0, 0.1) is 0 Å². The molecule has 0 spiro atoms. The minimum atomic E-state index is -0.0904. The van der Waals surface area contributed by atoms with Crippen LogP contribution >= 0.6 is 0 Å². The third-order valence-corrected chi connectivity index (χ3v) is 2.03. The lowest BCUT2D eigenvalue weighted by atomic mass is 10.3. The van der Waals surface area contributed by atoms with E-state index in [0.29, 0.717) is 5.82 Å². The molecule has 3 heteroatoms. The summed E-state index contributed by atoms with van der Waals surface area (Å²) >= 11 is 0. The van der Waals surface area contributed by atoms with Gasteiger partial charge in [-0.1, -0.05) is 18.7 Å². The van der Waals surface area contributed by atoms with Crippen molar-refractivity contribution in [2.75, 3.05) is 0 Å². The molecule has 1 aromatic carbocycles. The number of imidazole rings is 1. The maximum atomic E-state index is 9.09. The molecule has 0 atom stereocenters. The van der Waals surface area contributed by atoms with Gasteiger partial charge in [-0.2, -0.15) is 0 Å². The number of benzene rings is 1. The molecule has 0 saturated carbocycles. The van der Waals surface area contributed by atoms with Crippen LogP contribution in [0.5, 0.6) is 0 Å². The fourth-order valence-electron chi connectivity index (χ4n) is 1.44. The Bertz CT molecular complexity index is 507. The van der Waals surface area contributed by atoms with Crippen molar-refractivity contribution < 1.29 is 5.11 Å². The van der Waals surface area contributed by atoms with Gasteiger partial charge in [0.25, 0.3) is 0 Å². The summed E-state index contributed by atoms with van der Waals surface area (Å²) in [6, 6.07) is 7.69. The van der Waals surface area contributed by atoms with Crippen molar-refractivity contribution >= 4 is 17.2 Å². The van der Waals surface area contributed by atoms with Gasteiger partial charge in [0.05, 0.1) is 17.2 Å². The predicted molar refractivity (Wildman–Crippen MR) is 55.6 cm³/mol. The zero-order chi connectivity index (χ0) is 9.97. The van der Waals surface area contributed by atoms with Crippen molar-refractivity contribution in [2.45, 2.75) is 6.61 Å². The molecule has 0 bridgehead atoms. The highest BCUT2D eigenvalue weighted by atomic mass is 16.3. The van der Waals surface area contributed by atoms with E-state index in [0.717, 1.165) is 11.0 Å². The Balaban J connectivity index is 2.80. The van der Waals surface area contributed by atoms with Crippen molar-refractivity contribution in [2.24, 2.45) is 0 Å². The number of aliphatic hydroxyl groups is 1. The molecular weight excluding hydrogens is 176 g/mol. The molecule has 2 rings (SSSR count). The second-order valence-electron chi connectivity index (χ2n) is 2.88. The van der Waals surface area contributed by atoms with Gasteiger partial charge < -0.3 is 5.11 Å². The standard InChI is InChI=1S/C11H10N2O/c1-2-7-13-10-6-4-3-5-9(10)12-11(13)8-14/h3-7,14H,1,8H2. The molecule has 0 aliphatic rings. The molecule has 0 amide bonds. The maximum absolute atomic E-state index is 9.09. The van der Waals surface area contributed by atoms with E-state index in [1.54, 1.807) is 10.8 Å². The molecule has 70 valence electrons. The van der Waals surface area contributed by atoms with Crippen LogP contribution in [-0.4, -0.2) is 14.7 Å². The highest BCUT2D eigenvalue weighted by Gasteiger charge is 2.05. The number of fused-ring (bicyclic) bond motifs is 1. The average Bonchev–Trinajstić information content (AvgIpc) is 2.58. The minimum absolute atomic E-state index is 0.0904. The topological polar surface area (TPSA) is 38.0 Å². The van der Waals surface area contributed by atoms with Crippen LogP contribution in [0.3, 0.4) is 0 Å². The normalized spacial score (nSPS) is 10.1. The first-order valence-corrected chi connectivity index (χ1v) is 4.29. The molecule has 0 saturated heterocycles. The number of hydrogen-bond donors (Lipinski definition) is 1. The summed E-state index contributed by atoms with van der Waals surface area (Å²) < 4.78 is 1.78. The summed E-state index contributed by atoms with van der Waals surface area (Å²) in [7, 11) is 0. The van der Waals surface area contributed by atoms with Crippen molar-refractivity contribution in [3.63, 3.8) is 0 Å². The first-order valence-electron chi connectivity index (χ1n) is 4.29. The van der Waals surface area contributed by atoms with Crippen molar-refractivity contribution in [3.05, 3.63) is 42.4 Å². The number of aliphatic hydroxyl groups excluding tert-OH is 1. The third-order valence-electron chi connectivity index (χ3n) is 2.03. The summed E-state index contributed by atoms with van der Waals surface area (Å²) in [5, 5.41) is 9.09. The predicted octanol–water partition coefficient (Wildman–Crippen LogP) is 1.78. The number of rotatable bonds is 2. The average molecular weight is 186 g/mol. The molecule has 1 N–H and O–H groups in total. The van der Waals surface area contributed by atoms with E-state index in [1.807, 2.05) is 24.3 Å². The maximum Gasteiger partial charge on any atom is 0.140 e. The molecule has 1 heterocycles. The molecule has 3 nitrogen and oxygen atoms in total. The van der Waals surface area contributed by atoms with Crippen LogP contribution in [0.2, 0.25) is 0 Å². The summed E-state index contributed by atoms with van der Waals surface area (Å²) in [6.07, 6.45) is 1.67. The Kier molecular flexibility index (Phi) is 2.19. The largest absolute Gasteiger partial charge is 0.388 e. The second kappa shape index (κ2) is 3.50. The van der Waals surface area contributed by atoms with Gasteiger partial charge in [0.2, 0.25) is 0 Å². The molecule has 14 heavy (non-hydrogen) atoms. The molecule has 2 aromatic rings. The molecule has 0 fully saturated rings. The smallest absolute Gasteiger partial charge is 0.140 e. The van der Waals surface area contributed by atoms with Gasteiger partial charge in [0, 0.05) is 0 Å². The number of aromatic nitrogens is 2. The lowest BCUT2D eigenvalue weighted by Crippen LogP contribution is -1.94. The zero-order valence-corrected chi connectivity index (χ0v) is 7.64. The number of nitrogens with zero attached hydrogens (tertiary/aromatic N) is 2. The van der Waals surface area contributed by atoms with Crippen molar-refractivity contribution in [1.29, 1.82) is 0 Å². The zero-order valence-electron chi connectivity index (χ0n) is 7.64. The van der Waals surface area contributed by atoms with Crippen LogP contribution in [0.25, 0.3) is 17.2 Å². The first kappa shape index (κ1) is 8.75. The quantitative estimate of drug-likeness (QED) is 0.726. The Morgan fingerprint density at radius 2 is 2.29 bits per heavy atom. The van der Waals surface area contributed by atoms with Crippen molar-refractivity contribution in [1.82, 2.24) is 9.55 Å². The van der Waals surface area contributed by atoms with E-state index in [-0.39, 0.29) is 6.61 Å². The first-order chi connectivity index (χ1) is 6.86. The third kappa shape index (κ3) is 1.25. The molecular formula is C11H10N2O. The van der Waals surface area contributed by atoms with E-state index >= 15 is 0 Å². The molecule has 0 radical (unpaired) electrons. The highest BCUT2D eigenvalue weighted by Crippen LogP contribution is 2.15. The van der Waals surface area contributed by atoms with E-state index in [2.05, 4.69) is 17.3 Å². The molecule has 0 unspecified atom stereocenters. The Morgan fingerprint density at radius 3 is 3.00 bits per heavy atom. The Hall–Kier alpha value is -1.83. The summed E-state index contributed by atoms with van der Waals surface area (Å²) in [5.41, 5.74) is 4.49. The van der Waals surface area contributed by atoms with Gasteiger partial charge in [-0.05, 0) is 12.1 Å². The van der Waals surface area contributed by atoms with Gasteiger partial charge in [0.1, 0.15) is 12.4 Å². The van der Waals surface area contributed by atoms with E-state index < -0.39 is 0 Å². The lowest BCUT2D eigenvalue weighted by molar-refractivity contribution is 0.270. The van der Waals surface area contributed by atoms with Crippen LogP contribution in [-0.2, 0) is 6.61 Å². The molecule has 0 aliphatic carbocycles. The monoisotopic (exact) mass is 186 g/mol. The highest BCUT2D eigenvalue weighted by molar-refractivity contribution is 5.78. The second-order valence-corrected chi connectivity index (χ2v) is 2.88. The van der Waals surface area contributed by atoms with Gasteiger partial charge >= 0.3 is 0 Å². The minimum Gasteiger partial charge on any atom is -0.388 e. The van der Waals surface area contributed by atoms with Crippen LogP contribution < -0.4 is 0 Å². The molecule has 1 aromatic heterocycles. The lowest BCUT2D eigenvalue weighted by Gasteiger charge is -1.97. The summed E-state index contributed by atoms with van der Waals surface area (Å²) in [6.45, 7) is 3.42. The summed E-state index contributed by atoms with van der Waals surface area (Å²) in [4.78, 5) is 4.26. The van der Waals surface area contributed by atoms with Crippen LogP contribution in [0.1, 0.15) is 5.82 Å². The fourth-order valence-corrected chi connectivity index (χ4v) is 1.44. The van der Waals surface area contributed by atoms with Gasteiger partial charge in [-0.15, -0.1) is 5.73 Å². The van der Waals surface area contributed by atoms with Crippen LogP contribution in [0.4, 0.5) is 0 Å². The van der Waals surface area contributed by atoms with E-state index in [1.165, 1.54) is 0 Å². The van der Waals surface area contributed by atoms with Crippen LogP contribution in [0.15, 0.2) is 36.6 Å². The van der Waals surface area contributed by atoms with Crippen molar-refractivity contribution in [3.8, 4) is 0 Å². The fraction of sp³-hybridized carbons (Fsp3) is 0.0909.